The zero-order valence-electron chi connectivity index (χ0n) is 12.0. The van der Waals surface area contributed by atoms with E-state index in [4.69, 9.17) is 5.10 Å². The molecule has 1 saturated carbocycles. The fraction of sp³-hybridized carbons (Fsp3) is 0.471. The highest BCUT2D eigenvalue weighted by atomic mass is 15.3. The number of nitrogens with zero attached hydrogens (tertiary/aromatic N) is 2. The van der Waals surface area contributed by atoms with E-state index in [1.165, 1.54) is 37.7 Å². The number of rotatable bonds is 5. The molecule has 0 aliphatic heterocycles. The molecule has 1 aliphatic carbocycles. The summed E-state index contributed by atoms with van der Waals surface area (Å²) in [6.07, 6.45) is 8.83. The van der Waals surface area contributed by atoms with Crippen LogP contribution in [0.1, 0.15) is 49.4 Å². The van der Waals surface area contributed by atoms with E-state index in [1.54, 1.807) is 0 Å². The molecule has 0 amide bonds. The van der Waals surface area contributed by atoms with E-state index in [9.17, 15) is 0 Å². The quantitative estimate of drug-likeness (QED) is 0.897. The zero-order chi connectivity index (χ0) is 13.6. The molecule has 0 bridgehead atoms. The Labute approximate surface area is 121 Å². The van der Waals surface area contributed by atoms with Gasteiger partial charge in [-0.25, -0.2) is 0 Å². The van der Waals surface area contributed by atoms with Crippen molar-refractivity contribution in [2.45, 2.75) is 51.2 Å². The minimum atomic E-state index is 0.631. The Morgan fingerprint density at radius 3 is 2.60 bits per heavy atom. The highest BCUT2D eigenvalue weighted by molar-refractivity contribution is 5.14. The molecule has 1 aromatic heterocycles. The second-order valence-electron chi connectivity index (χ2n) is 5.67. The second kappa shape index (κ2) is 6.71. The number of benzene rings is 1. The third kappa shape index (κ3) is 3.48. The summed E-state index contributed by atoms with van der Waals surface area (Å²) in [4.78, 5) is 0. The van der Waals surface area contributed by atoms with Gasteiger partial charge in [-0.1, -0.05) is 49.6 Å². The van der Waals surface area contributed by atoms with Crippen LogP contribution in [0.5, 0.6) is 0 Å². The van der Waals surface area contributed by atoms with E-state index >= 15 is 0 Å². The minimum Gasteiger partial charge on any atom is -0.307 e. The average Bonchev–Trinajstić information content (AvgIpc) is 2.98. The molecule has 1 aliphatic rings. The fourth-order valence-corrected chi connectivity index (χ4v) is 2.95. The van der Waals surface area contributed by atoms with E-state index < -0.39 is 0 Å². The van der Waals surface area contributed by atoms with Crippen LogP contribution in [0, 0.1) is 0 Å². The lowest BCUT2D eigenvalue weighted by molar-refractivity contribution is 0.327. The highest BCUT2D eigenvalue weighted by Crippen LogP contribution is 2.27. The number of hydrogen-bond acceptors (Lipinski definition) is 2. The van der Waals surface area contributed by atoms with Gasteiger partial charge < -0.3 is 5.32 Å². The summed E-state index contributed by atoms with van der Waals surface area (Å²) in [5.74, 6) is 0. The van der Waals surface area contributed by atoms with Gasteiger partial charge in [0.25, 0.3) is 0 Å². The molecule has 0 spiro atoms. The van der Waals surface area contributed by atoms with E-state index in [2.05, 4.69) is 52.6 Å². The summed E-state index contributed by atoms with van der Waals surface area (Å²) in [6, 6.07) is 13.3. The van der Waals surface area contributed by atoms with Gasteiger partial charge in [0.1, 0.15) is 0 Å². The molecule has 1 aromatic carbocycles. The molecule has 20 heavy (non-hydrogen) atoms. The van der Waals surface area contributed by atoms with Crippen molar-refractivity contribution in [3.05, 3.63) is 53.9 Å². The summed E-state index contributed by atoms with van der Waals surface area (Å²) in [5, 5.41) is 8.18. The van der Waals surface area contributed by atoms with Crippen molar-refractivity contribution >= 4 is 0 Å². The SMILES string of the molecule is c1ccc(CNCc2ccn(C3CCCCC3)n2)cc1. The van der Waals surface area contributed by atoms with E-state index in [-0.39, 0.29) is 0 Å². The van der Waals surface area contributed by atoms with Crippen LogP contribution < -0.4 is 5.32 Å². The first-order valence-electron chi connectivity index (χ1n) is 7.70. The number of aromatic nitrogens is 2. The maximum absolute atomic E-state index is 4.72. The molecule has 0 saturated heterocycles. The molecule has 1 heterocycles. The van der Waals surface area contributed by atoms with Crippen molar-refractivity contribution in [2.24, 2.45) is 0 Å². The van der Waals surface area contributed by atoms with Crippen LogP contribution in [0.25, 0.3) is 0 Å². The molecule has 3 rings (SSSR count). The first kappa shape index (κ1) is 13.4. The zero-order valence-corrected chi connectivity index (χ0v) is 12.0. The second-order valence-corrected chi connectivity index (χ2v) is 5.67. The van der Waals surface area contributed by atoms with E-state index in [1.807, 2.05) is 0 Å². The van der Waals surface area contributed by atoms with Crippen molar-refractivity contribution in [3.63, 3.8) is 0 Å². The van der Waals surface area contributed by atoms with Crippen LogP contribution in [0.15, 0.2) is 42.6 Å². The van der Waals surface area contributed by atoms with Gasteiger partial charge in [-0.05, 0) is 24.5 Å². The third-order valence-corrected chi connectivity index (χ3v) is 4.09. The van der Waals surface area contributed by atoms with Crippen LogP contribution in [0.2, 0.25) is 0 Å². The van der Waals surface area contributed by atoms with Gasteiger partial charge in [0.15, 0.2) is 0 Å². The van der Waals surface area contributed by atoms with Crippen LogP contribution in [-0.2, 0) is 13.1 Å². The molecule has 0 unspecified atom stereocenters. The van der Waals surface area contributed by atoms with Gasteiger partial charge in [-0.2, -0.15) is 5.10 Å². The number of nitrogens with one attached hydrogen (secondary N) is 1. The Balaban J connectivity index is 1.50. The summed E-state index contributed by atoms with van der Waals surface area (Å²) in [5.41, 5.74) is 2.46. The average molecular weight is 269 g/mol. The van der Waals surface area contributed by atoms with Crippen molar-refractivity contribution in [2.75, 3.05) is 0 Å². The molecule has 106 valence electrons. The van der Waals surface area contributed by atoms with Crippen molar-refractivity contribution in [1.29, 1.82) is 0 Å². The van der Waals surface area contributed by atoms with Gasteiger partial charge in [-0.3, -0.25) is 4.68 Å². The largest absolute Gasteiger partial charge is 0.307 e. The predicted octanol–water partition coefficient (Wildman–Crippen LogP) is 3.68. The number of hydrogen-bond donors (Lipinski definition) is 1. The lowest BCUT2D eigenvalue weighted by Crippen LogP contribution is -2.16. The molecule has 3 heteroatoms. The smallest absolute Gasteiger partial charge is 0.0762 e. The standard InChI is InChI=1S/C17H23N3/c1-3-7-15(8-4-1)13-18-14-16-11-12-20(19-16)17-9-5-2-6-10-17/h1,3-4,7-8,11-12,17-18H,2,5-6,9-10,13-14H2. The first-order chi connectivity index (χ1) is 9.92. The Bertz CT molecular complexity index is 512. The Morgan fingerprint density at radius 2 is 1.80 bits per heavy atom. The minimum absolute atomic E-state index is 0.631. The molecule has 1 N–H and O–H groups in total. The van der Waals surface area contributed by atoms with Crippen molar-refractivity contribution in [1.82, 2.24) is 15.1 Å². The Morgan fingerprint density at radius 1 is 1.00 bits per heavy atom. The van der Waals surface area contributed by atoms with Crippen LogP contribution in [-0.4, -0.2) is 9.78 Å². The van der Waals surface area contributed by atoms with Crippen molar-refractivity contribution in [3.8, 4) is 0 Å². The van der Waals surface area contributed by atoms with Gasteiger partial charge in [0.05, 0.1) is 11.7 Å². The fourth-order valence-electron chi connectivity index (χ4n) is 2.95. The molecule has 3 nitrogen and oxygen atoms in total. The summed E-state index contributed by atoms with van der Waals surface area (Å²) >= 11 is 0. The maximum Gasteiger partial charge on any atom is 0.0762 e. The lowest BCUT2D eigenvalue weighted by Gasteiger charge is -2.21. The molecule has 0 radical (unpaired) electrons. The van der Waals surface area contributed by atoms with Gasteiger partial charge in [-0.15, -0.1) is 0 Å². The Kier molecular flexibility index (Phi) is 4.49. The summed E-state index contributed by atoms with van der Waals surface area (Å²) in [7, 11) is 0. The van der Waals surface area contributed by atoms with E-state index in [0.29, 0.717) is 6.04 Å². The molecule has 2 aromatic rings. The van der Waals surface area contributed by atoms with Gasteiger partial charge in [0, 0.05) is 19.3 Å². The monoisotopic (exact) mass is 269 g/mol. The molecular weight excluding hydrogens is 246 g/mol. The van der Waals surface area contributed by atoms with Crippen molar-refractivity contribution < 1.29 is 0 Å². The van der Waals surface area contributed by atoms with Crippen LogP contribution >= 0.6 is 0 Å². The van der Waals surface area contributed by atoms with Crippen LogP contribution in [0.3, 0.4) is 0 Å². The van der Waals surface area contributed by atoms with E-state index in [0.717, 1.165) is 18.8 Å². The Hall–Kier alpha value is -1.61. The molecular formula is C17H23N3. The van der Waals surface area contributed by atoms with Gasteiger partial charge >= 0.3 is 0 Å². The lowest BCUT2D eigenvalue weighted by atomic mass is 9.96. The first-order valence-corrected chi connectivity index (χ1v) is 7.70. The van der Waals surface area contributed by atoms with Gasteiger partial charge in [0.2, 0.25) is 0 Å². The normalized spacial score (nSPS) is 16.4. The topological polar surface area (TPSA) is 29.9 Å². The summed E-state index contributed by atoms with van der Waals surface area (Å²) < 4.78 is 2.18. The van der Waals surface area contributed by atoms with Crippen LogP contribution in [0.4, 0.5) is 0 Å². The highest BCUT2D eigenvalue weighted by Gasteiger charge is 2.15. The predicted molar refractivity (Wildman–Crippen MR) is 81.3 cm³/mol. The summed E-state index contributed by atoms with van der Waals surface area (Å²) in [6.45, 7) is 1.74. The molecule has 1 fully saturated rings. The third-order valence-electron chi connectivity index (χ3n) is 4.09. The molecule has 0 atom stereocenters. The maximum atomic E-state index is 4.72.